The number of ether oxygens (including phenoxy) is 1. The van der Waals surface area contributed by atoms with E-state index < -0.39 is 0 Å². The lowest BCUT2D eigenvalue weighted by molar-refractivity contribution is 0.319. The molecule has 0 aliphatic carbocycles. The van der Waals surface area contributed by atoms with Crippen LogP contribution in [0.1, 0.15) is 24.9 Å². The van der Waals surface area contributed by atoms with Gasteiger partial charge in [-0.15, -0.1) is 0 Å². The second kappa shape index (κ2) is 6.79. The highest BCUT2D eigenvalue weighted by molar-refractivity contribution is 5.82. The van der Waals surface area contributed by atoms with Gasteiger partial charge in [0.15, 0.2) is 11.5 Å². The van der Waals surface area contributed by atoms with Crippen LogP contribution >= 0.6 is 0 Å². The fourth-order valence-corrected chi connectivity index (χ4v) is 4.32. The summed E-state index contributed by atoms with van der Waals surface area (Å²) in [7, 11) is 0. The van der Waals surface area contributed by atoms with Gasteiger partial charge in [0, 0.05) is 30.6 Å². The maximum absolute atomic E-state index is 5.87. The van der Waals surface area contributed by atoms with E-state index in [1.165, 1.54) is 5.56 Å². The summed E-state index contributed by atoms with van der Waals surface area (Å²) in [6.07, 6.45) is 4.32. The van der Waals surface area contributed by atoms with E-state index in [0.717, 1.165) is 36.6 Å². The SMILES string of the molecule is CCOc1ccccc1C1NNC2CCN(c3ncnc4nc[nH]c34)CC21. The van der Waals surface area contributed by atoms with Crippen molar-refractivity contribution in [2.45, 2.75) is 25.4 Å². The fraction of sp³-hybridized carbons (Fsp3) is 0.421. The second-order valence-corrected chi connectivity index (χ2v) is 7.04. The summed E-state index contributed by atoms with van der Waals surface area (Å²) in [5.41, 5.74) is 9.82. The van der Waals surface area contributed by atoms with E-state index in [9.17, 15) is 0 Å². The average Bonchev–Trinajstić information content (AvgIpc) is 3.35. The maximum atomic E-state index is 5.87. The standard InChI is InChI=1S/C19H23N7O/c1-2-27-15-6-4-3-5-12(15)16-13-9-26(8-7-14(13)24-25-16)19-17-18(21-10-20-17)22-11-23-19/h3-6,10-11,13-14,16,24-25H,2,7-9H2,1H3,(H,20,21,22,23). The minimum atomic E-state index is 0.194. The van der Waals surface area contributed by atoms with Gasteiger partial charge in [-0.1, -0.05) is 18.2 Å². The van der Waals surface area contributed by atoms with Gasteiger partial charge in [-0.05, 0) is 19.4 Å². The number of anilines is 1. The molecule has 2 saturated heterocycles. The van der Waals surface area contributed by atoms with E-state index in [4.69, 9.17) is 4.74 Å². The molecule has 0 bridgehead atoms. The third-order valence-corrected chi connectivity index (χ3v) is 5.57. The smallest absolute Gasteiger partial charge is 0.182 e. The van der Waals surface area contributed by atoms with Crippen LogP contribution in [0.25, 0.3) is 11.2 Å². The van der Waals surface area contributed by atoms with Crippen molar-refractivity contribution in [1.82, 2.24) is 30.8 Å². The van der Waals surface area contributed by atoms with Gasteiger partial charge < -0.3 is 14.6 Å². The zero-order valence-corrected chi connectivity index (χ0v) is 15.2. The predicted octanol–water partition coefficient (Wildman–Crippen LogP) is 1.80. The van der Waals surface area contributed by atoms with Crippen LogP contribution in [0.4, 0.5) is 5.82 Å². The van der Waals surface area contributed by atoms with Crippen LogP contribution in [0.3, 0.4) is 0 Å². The Bertz CT molecular complexity index is 942. The summed E-state index contributed by atoms with van der Waals surface area (Å²) in [6, 6.07) is 8.93. The molecule has 3 aromatic rings. The van der Waals surface area contributed by atoms with E-state index in [1.807, 2.05) is 19.1 Å². The van der Waals surface area contributed by atoms with Gasteiger partial charge in [0.05, 0.1) is 19.0 Å². The van der Waals surface area contributed by atoms with Crippen molar-refractivity contribution in [2.75, 3.05) is 24.6 Å². The molecule has 3 unspecified atom stereocenters. The van der Waals surface area contributed by atoms with E-state index in [1.54, 1.807) is 12.7 Å². The maximum Gasteiger partial charge on any atom is 0.182 e. The van der Waals surface area contributed by atoms with Gasteiger partial charge in [0.1, 0.15) is 17.6 Å². The third kappa shape index (κ3) is 2.81. The summed E-state index contributed by atoms with van der Waals surface area (Å²) >= 11 is 0. The Balaban J connectivity index is 1.45. The first-order chi connectivity index (χ1) is 13.3. The van der Waals surface area contributed by atoms with E-state index in [2.05, 4.69) is 47.8 Å². The number of hydrogen-bond donors (Lipinski definition) is 3. The first-order valence-corrected chi connectivity index (χ1v) is 9.47. The quantitative estimate of drug-likeness (QED) is 0.649. The lowest BCUT2D eigenvalue weighted by Crippen LogP contribution is -2.46. The number of imidazole rings is 1. The van der Waals surface area contributed by atoms with Gasteiger partial charge in [-0.3, -0.25) is 5.43 Å². The van der Waals surface area contributed by atoms with Crippen molar-refractivity contribution in [3.8, 4) is 5.75 Å². The van der Waals surface area contributed by atoms with Gasteiger partial charge in [-0.2, -0.15) is 0 Å². The highest BCUT2D eigenvalue weighted by atomic mass is 16.5. The van der Waals surface area contributed by atoms with Gasteiger partial charge in [0.25, 0.3) is 0 Å². The van der Waals surface area contributed by atoms with Crippen LogP contribution < -0.4 is 20.5 Å². The summed E-state index contributed by atoms with van der Waals surface area (Å²) < 4.78 is 5.87. The van der Waals surface area contributed by atoms with Crippen molar-refractivity contribution < 1.29 is 4.74 Å². The van der Waals surface area contributed by atoms with Crippen LogP contribution in [0.2, 0.25) is 0 Å². The average molecular weight is 365 g/mol. The molecule has 2 aromatic heterocycles. The summed E-state index contributed by atoms with van der Waals surface area (Å²) in [5.74, 6) is 2.29. The normalized spacial score (nSPS) is 24.9. The van der Waals surface area contributed by atoms with Crippen molar-refractivity contribution in [3.63, 3.8) is 0 Å². The molecule has 140 valence electrons. The molecule has 8 nitrogen and oxygen atoms in total. The molecule has 0 saturated carbocycles. The van der Waals surface area contributed by atoms with Crippen molar-refractivity contribution >= 4 is 17.0 Å². The van der Waals surface area contributed by atoms with Gasteiger partial charge in [-0.25, -0.2) is 20.4 Å². The number of aromatic nitrogens is 4. The van der Waals surface area contributed by atoms with Gasteiger partial charge >= 0.3 is 0 Å². The lowest BCUT2D eigenvalue weighted by Gasteiger charge is -2.37. The van der Waals surface area contributed by atoms with Crippen LogP contribution in [0.5, 0.6) is 5.75 Å². The molecule has 27 heavy (non-hydrogen) atoms. The molecule has 0 amide bonds. The highest BCUT2D eigenvalue weighted by Gasteiger charge is 2.42. The topological polar surface area (TPSA) is 91.0 Å². The molecule has 4 heterocycles. The number of nitrogens with zero attached hydrogens (tertiary/aromatic N) is 4. The first kappa shape index (κ1) is 16.5. The molecule has 0 spiro atoms. The molecular weight excluding hydrogens is 342 g/mol. The second-order valence-electron chi connectivity index (χ2n) is 7.04. The summed E-state index contributed by atoms with van der Waals surface area (Å²) in [6.45, 7) is 4.53. The molecule has 1 aromatic carbocycles. The molecule has 2 fully saturated rings. The Morgan fingerprint density at radius 2 is 2.11 bits per heavy atom. The minimum Gasteiger partial charge on any atom is -0.494 e. The van der Waals surface area contributed by atoms with Crippen molar-refractivity contribution in [2.24, 2.45) is 5.92 Å². The number of hydrogen-bond acceptors (Lipinski definition) is 7. The predicted molar refractivity (Wildman–Crippen MR) is 102 cm³/mol. The number of aromatic amines is 1. The highest BCUT2D eigenvalue weighted by Crippen LogP contribution is 2.38. The van der Waals surface area contributed by atoms with Gasteiger partial charge in [0.2, 0.25) is 0 Å². The number of fused-ring (bicyclic) bond motifs is 2. The van der Waals surface area contributed by atoms with Crippen LogP contribution in [-0.2, 0) is 0 Å². The Hall–Kier alpha value is -2.71. The lowest BCUT2D eigenvalue weighted by atomic mass is 9.84. The largest absolute Gasteiger partial charge is 0.494 e. The van der Waals surface area contributed by atoms with E-state index in [-0.39, 0.29) is 6.04 Å². The van der Waals surface area contributed by atoms with Crippen LogP contribution in [0, 0.1) is 5.92 Å². The number of piperidine rings is 1. The third-order valence-electron chi connectivity index (χ3n) is 5.57. The van der Waals surface area contributed by atoms with E-state index >= 15 is 0 Å². The van der Waals surface area contributed by atoms with Crippen molar-refractivity contribution in [3.05, 3.63) is 42.5 Å². The zero-order valence-electron chi connectivity index (χ0n) is 15.2. The number of hydrazine groups is 1. The molecule has 0 radical (unpaired) electrons. The monoisotopic (exact) mass is 365 g/mol. The molecule has 5 rings (SSSR count). The molecule has 3 atom stereocenters. The molecule has 2 aliphatic heterocycles. The minimum absolute atomic E-state index is 0.194. The number of para-hydroxylation sites is 1. The molecular formula is C19H23N7O. The Morgan fingerprint density at radius 3 is 3.04 bits per heavy atom. The number of nitrogens with one attached hydrogen (secondary N) is 3. The van der Waals surface area contributed by atoms with Crippen LogP contribution in [-0.4, -0.2) is 45.7 Å². The summed E-state index contributed by atoms with van der Waals surface area (Å²) in [4.78, 5) is 18.6. The van der Waals surface area contributed by atoms with Crippen molar-refractivity contribution in [1.29, 1.82) is 0 Å². The summed E-state index contributed by atoms with van der Waals surface area (Å²) in [5, 5.41) is 0. The Kier molecular flexibility index (Phi) is 4.14. The number of H-pyrrole nitrogens is 1. The zero-order chi connectivity index (χ0) is 18.2. The molecule has 8 heteroatoms. The Labute approximate surface area is 157 Å². The van der Waals surface area contributed by atoms with E-state index in [0.29, 0.717) is 24.2 Å². The fourth-order valence-electron chi connectivity index (χ4n) is 4.32. The number of rotatable bonds is 4. The van der Waals surface area contributed by atoms with Crippen LogP contribution in [0.15, 0.2) is 36.9 Å². The first-order valence-electron chi connectivity index (χ1n) is 9.47. The molecule has 2 aliphatic rings. The number of benzene rings is 1. The molecule has 3 N–H and O–H groups in total. The Morgan fingerprint density at radius 1 is 1.19 bits per heavy atom.